The summed E-state index contributed by atoms with van der Waals surface area (Å²) in [7, 11) is 0. The van der Waals surface area contributed by atoms with Gasteiger partial charge in [0, 0.05) is 22.8 Å². The Balaban J connectivity index is 0.000000249. The summed E-state index contributed by atoms with van der Waals surface area (Å²) in [6, 6.07) is 61.3. The zero-order chi connectivity index (χ0) is 69.8. The number of nitro groups is 1. The van der Waals surface area contributed by atoms with Crippen LogP contribution < -0.4 is 19.9 Å². The van der Waals surface area contributed by atoms with Crippen LogP contribution in [0.15, 0.2) is 200 Å². The van der Waals surface area contributed by atoms with Crippen molar-refractivity contribution >= 4 is 70.0 Å². The Kier molecular flexibility index (Phi) is 31.4. The van der Waals surface area contributed by atoms with Gasteiger partial charge in [-0.05, 0) is 148 Å². The van der Waals surface area contributed by atoms with Gasteiger partial charge in [-0.2, -0.15) is 0 Å². The van der Waals surface area contributed by atoms with Gasteiger partial charge in [-0.25, -0.2) is 24.9 Å². The predicted octanol–water partition coefficient (Wildman–Crippen LogP) is 14.0. The number of carbonyl (C=O) groups excluding carboxylic acids is 5. The second kappa shape index (κ2) is 40.1. The number of fused-ring (bicyclic) bond motifs is 2. The van der Waals surface area contributed by atoms with Gasteiger partial charge in [-0.3, -0.25) is 38.9 Å². The number of anilines is 1. The number of pyridine rings is 3. The number of nitrogens with zero attached hydrogens (tertiary/aromatic N) is 6. The van der Waals surface area contributed by atoms with E-state index in [0.717, 1.165) is 62.9 Å². The fraction of sp³-hybridized carbons (Fsp3) is 0.224. The lowest BCUT2D eigenvalue weighted by Gasteiger charge is -2.14. The topological polar surface area (TPSA) is 352 Å². The standard InChI is InChI=1S/C26H25N3O5.C21H17N3O3.C14H12O2.C12H15N3O6.3CH4/c1-3-32-25(30)22(26(31)33-4-2)20-14-15-21-24(27-20)29-23(28-21)18-10-12-19(13-11-18)34-16-17-8-6-5-7-9-17;25-19(26)12-16-8-11-18-21(22-16)24-20(23-18)15-6-9-17(10-7-15)27-13-14-4-2-1-3-5-14;15-10-12-6-8-14(9-7-12)16-11-13-4-2-1-3-5-13;1-3-20-11(16)9(12(17)21-4-2)7-5-6-8(15(18)19)10(13)14-7;;;/h5-15,22H,3-4,16H2,1-2H3,(H,27,28,29);1-11H,12-13H2,(H,25,26)(H,22,23,24);1-10H,11H2;5-6,9H,3-4H2,1-2H3,(H2,13,14);3*1H4. The summed E-state index contributed by atoms with van der Waals surface area (Å²) in [4.78, 5) is 108. The van der Waals surface area contributed by atoms with E-state index in [1.165, 1.54) is 6.07 Å². The maximum atomic E-state index is 12.4. The molecule has 25 nitrogen and oxygen atoms in total. The number of nitrogen functional groups attached to an aromatic ring is 1. The normalized spacial score (nSPS) is 10.2. The SMILES string of the molecule is C.C.C.CCOC(=O)C(C(=O)OCC)c1ccc([N+](=O)[O-])c(N)n1.CCOC(=O)C(C(=O)OCC)c1ccc2[nH]c(-c3ccc(OCc4ccccc4)cc3)nc2n1.O=C(O)Cc1ccc2[nH]c(-c3ccc(OCc4ccccc4)cc3)nc2n1.O=Cc1ccc(OCc2ccccc2)cc1. The van der Waals surface area contributed by atoms with Crippen molar-refractivity contribution in [3.05, 3.63) is 250 Å². The summed E-state index contributed by atoms with van der Waals surface area (Å²) >= 11 is 0. The lowest BCUT2D eigenvalue weighted by Crippen LogP contribution is -2.27. The van der Waals surface area contributed by atoms with Crippen LogP contribution in [-0.2, 0) is 69.2 Å². The molecule has 101 heavy (non-hydrogen) atoms. The second-order valence-corrected chi connectivity index (χ2v) is 20.9. The molecule has 0 bridgehead atoms. The molecule has 0 fully saturated rings. The van der Waals surface area contributed by atoms with E-state index in [9.17, 15) is 38.9 Å². The number of hydrogen-bond acceptors (Lipinski definition) is 21. The highest BCUT2D eigenvalue weighted by molar-refractivity contribution is 6.01. The Morgan fingerprint density at radius 3 is 1.19 bits per heavy atom. The van der Waals surface area contributed by atoms with Gasteiger partial charge in [-0.1, -0.05) is 113 Å². The Bertz CT molecular complexity index is 4410. The molecule has 0 aliphatic heterocycles. The van der Waals surface area contributed by atoms with E-state index in [2.05, 4.69) is 34.9 Å². The largest absolute Gasteiger partial charge is 0.489 e. The van der Waals surface area contributed by atoms with E-state index >= 15 is 0 Å². The number of benzene rings is 6. The zero-order valence-electron chi connectivity index (χ0n) is 53.8. The van der Waals surface area contributed by atoms with Gasteiger partial charge in [0.2, 0.25) is 5.82 Å². The van der Waals surface area contributed by atoms with Gasteiger partial charge in [0.15, 0.2) is 23.1 Å². The third kappa shape index (κ3) is 23.3. The van der Waals surface area contributed by atoms with Gasteiger partial charge < -0.3 is 54.0 Å². The predicted molar refractivity (Wildman–Crippen MR) is 382 cm³/mol. The van der Waals surface area contributed by atoms with Crippen molar-refractivity contribution in [1.82, 2.24) is 34.9 Å². The third-order valence-corrected chi connectivity index (χ3v) is 13.9. The number of ether oxygens (including phenoxy) is 7. The van der Waals surface area contributed by atoms with Crippen molar-refractivity contribution in [2.45, 2.75) is 88.1 Å². The molecule has 11 rings (SSSR count). The van der Waals surface area contributed by atoms with Gasteiger partial charge in [0.25, 0.3) is 0 Å². The fourth-order valence-corrected chi connectivity index (χ4v) is 9.19. The van der Waals surface area contributed by atoms with Crippen LogP contribution in [0, 0.1) is 10.1 Å². The number of aromatic amines is 2. The summed E-state index contributed by atoms with van der Waals surface area (Å²) < 4.78 is 36.9. The molecule has 5 aromatic heterocycles. The molecular weight excluding hydrogens is 1290 g/mol. The van der Waals surface area contributed by atoms with Crippen molar-refractivity contribution in [2.24, 2.45) is 0 Å². The highest BCUT2D eigenvalue weighted by Crippen LogP contribution is 2.28. The first-order valence-electron chi connectivity index (χ1n) is 30.8. The summed E-state index contributed by atoms with van der Waals surface area (Å²) in [5.74, 6) is -3.50. The molecular formula is C76H81N9O16. The number of carbonyl (C=O) groups is 6. The number of carboxylic acids is 1. The van der Waals surface area contributed by atoms with E-state index in [4.69, 9.17) is 44.0 Å². The number of aldehydes is 1. The summed E-state index contributed by atoms with van der Waals surface area (Å²) in [5.41, 5.74) is 13.8. The first-order chi connectivity index (χ1) is 47.6. The number of carboxylic acid groups (broad SMARTS) is 1. The molecule has 6 aromatic carbocycles. The molecule has 0 saturated heterocycles. The quantitative estimate of drug-likeness (QED) is 0.0103. The average molecular weight is 1380 g/mol. The maximum Gasteiger partial charge on any atom is 0.326 e. The van der Waals surface area contributed by atoms with Gasteiger partial charge in [-0.15, -0.1) is 0 Å². The van der Waals surface area contributed by atoms with Crippen molar-refractivity contribution < 1.29 is 72.0 Å². The molecule has 526 valence electrons. The third-order valence-electron chi connectivity index (χ3n) is 13.9. The van der Waals surface area contributed by atoms with Gasteiger partial charge in [0.05, 0.1) is 65.9 Å². The molecule has 0 atom stereocenters. The molecule has 0 amide bonds. The Hall–Kier alpha value is -12.7. The molecule has 0 radical (unpaired) electrons. The molecule has 0 saturated carbocycles. The van der Waals surface area contributed by atoms with Crippen LogP contribution in [-0.4, -0.2) is 107 Å². The summed E-state index contributed by atoms with van der Waals surface area (Å²) in [6.45, 7) is 8.48. The van der Waals surface area contributed by atoms with Crippen molar-refractivity contribution in [3.8, 4) is 40.0 Å². The zero-order valence-corrected chi connectivity index (χ0v) is 53.8. The second-order valence-electron chi connectivity index (χ2n) is 20.9. The Morgan fingerprint density at radius 1 is 0.475 bits per heavy atom. The average Bonchev–Trinajstić information content (AvgIpc) is 1.72. The monoisotopic (exact) mass is 1380 g/mol. The van der Waals surface area contributed by atoms with Crippen LogP contribution in [0.25, 0.3) is 45.1 Å². The van der Waals surface area contributed by atoms with Crippen LogP contribution in [0.5, 0.6) is 17.2 Å². The van der Waals surface area contributed by atoms with Crippen LogP contribution in [0.3, 0.4) is 0 Å². The lowest BCUT2D eigenvalue weighted by atomic mass is 10.0. The number of hydrogen-bond donors (Lipinski definition) is 4. The summed E-state index contributed by atoms with van der Waals surface area (Å²) in [6.07, 6.45) is 0.701. The Labute approximate surface area is 584 Å². The first kappa shape index (κ1) is 79.0. The highest BCUT2D eigenvalue weighted by Gasteiger charge is 2.35. The van der Waals surface area contributed by atoms with Crippen LogP contribution in [0.4, 0.5) is 11.5 Å². The molecule has 11 aromatic rings. The van der Waals surface area contributed by atoms with E-state index in [1.807, 2.05) is 140 Å². The minimum Gasteiger partial charge on any atom is -0.489 e. The van der Waals surface area contributed by atoms with Crippen LogP contribution >= 0.6 is 0 Å². The minimum absolute atomic E-state index is 0. The molecule has 5 N–H and O–H groups in total. The maximum absolute atomic E-state index is 12.4. The molecule has 0 spiro atoms. The van der Waals surface area contributed by atoms with Gasteiger partial charge >= 0.3 is 35.5 Å². The van der Waals surface area contributed by atoms with E-state index < -0.39 is 58.1 Å². The van der Waals surface area contributed by atoms with E-state index in [0.29, 0.717) is 59.5 Å². The molecule has 0 aliphatic carbocycles. The molecule has 0 unspecified atom stereocenters. The smallest absolute Gasteiger partial charge is 0.326 e. The van der Waals surface area contributed by atoms with Crippen LogP contribution in [0.2, 0.25) is 0 Å². The number of rotatable bonds is 25. The Morgan fingerprint density at radius 2 is 0.832 bits per heavy atom. The number of aliphatic carboxylic acids is 1. The van der Waals surface area contributed by atoms with Crippen molar-refractivity contribution in [1.29, 1.82) is 0 Å². The molecule has 25 heteroatoms. The van der Waals surface area contributed by atoms with Gasteiger partial charge in [0.1, 0.15) is 55.0 Å². The number of imidazole rings is 2. The first-order valence-corrected chi connectivity index (χ1v) is 30.8. The van der Waals surface area contributed by atoms with Crippen LogP contribution in [0.1, 0.15) is 106 Å². The molecule has 5 heterocycles. The highest BCUT2D eigenvalue weighted by atomic mass is 16.6. The lowest BCUT2D eigenvalue weighted by molar-refractivity contribution is -0.384. The number of nitrogens with two attached hydrogens (primary N) is 1. The summed E-state index contributed by atoms with van der Waals surface area (Å²) in [5, 5.41) is 19.6. The fourth-order valence-electron chi connectivity index (χ4n) is 9.19. The van der Waals surface area contributed by atoms with E-state index in [1.54, 1.807) is 76.2 Å². The number of esters is 4. The minimum atomic E-state index is -1.42. The van der Waals surface area contributed by atoms with E-state index in [-0.39, 0.29) is 66.5 Å². The van der Waals surface area contributed by atoms with Crippen molar-refractivity contribution in [3.63, 3.8) is 0 Å². The number of aromatic nitrogens is 7. The number of nitrogens with one attached hydrogen (secondary N) is 2. The molecule has 0 aliphatic rings. The van der Waals surface area contributed by atoms with Crippen molar-refractivity contribution in [2.75, 3.05) is 32.2 Å². The number of H-pyrrole nitrogens is 2.